The van der Waals surface area contributed by atoms with Crippen molar-refractivity contribution in [1.82, 2.24) is 5.32 Å². The summed E-state index contributed by atoms with van der Waals surface area (Å²) in [6.45, 7) is 6.82. The van der Waals surface area contributed by atoms with Crippen LogP contribution < -0.4 is 5.32 Å². The van der Waals surface area contributed by atoms with Crippen molar-refractivity contribution in [1.29, 1.82) is 0 Å². The van der Waals surface area contributed by atoms with E-state index in [1.165, 1.54) is 6.92 Å². The van der Waals surface area contributed by atoms with Crippen molar-refractivity contribution in [2.24, 2.45) is 5.92 Å². The van der Waals surface area contributed by atoms with Gasteiger partial charge in [0, 0.05) is 54.4 Å². The van der Waals surface area contributed by atoms with Gasteiger partial charge in [-0.1, -0.05) is 0 Å². The van der Waals surface area contributed by atoms with Crippen LogP contribution in [0.25, 0.3) is 0 Å². The lowest BCUT2D eigenvalue weighted by Gasteiger charge is -2.49. The normalized spacial score (nSPS) is 31.5. The fraction of sp³-hybridized carbons (Fsp3) is 0.741. The summed E-state index contributed by atoms with van der Waals surface area (Å²) in [7, 11) is 0. The van der Waals surface area contributed by atoms with E-state index in [9.17, 15) is 38.7 Å². The molecule has 0 radical (unpaired) electrons. The number of nitrogens with one attached hydrogen (secondary N) is 1. The predicted octanol–water partition coefficient (Wildman–Crippen LogP) is -1.16. The van der Waals surface area contributed by atoms with Gasteiger partial charge in [0.2, 0.25) is 5.91 Å². The smallest absolute Gasteiger partial charge is 0.303 e. The van der Waals surface area contributed by atoms with Gasteiger partial charge in [-0.05, 0) is 6.42 Å². The molecule has 2 N–H and O–H groups in total. The summed E-state index contributed by atoms with van der Waals surface area (Å²) in [6.07, 6.45) is -11.4. The number of esters is 6. The number of rotatable bonds is 11. The summed E-state index contributed by atoms with van der Waals surface area (Å²) >= 11 is 0. The molecule has 17 nitrogen and oxygen atoms in total. The quantitative estimate of drug-likeness (QED) is 0.202. The Hall–Kier alpha value is -3.83. The van der Waals surface area contributed by atoms with Crippen molar-refractivity contribution >= 4 is 41.7 Å². The fourth-order valence-corrected chi connectivity index (χ4v) is 5.19. The van der Waals surface area contributed by atoms with Crippen LogP contribution in [-0.2, 0) is 71.5 Å². The minimum Gasteiger partial charge on any atom is -0.463 e. The SMILES string of the molecule is CC(=O)N[C@@H]1[C@@H](C[C@H]2O[C@H](COC(C)=O)[C@@H](OC(C)=O)[C@H](OC(C)=O)[C@@H]2OC(C)=O)[C@@H](OC(C)=O)[C@@H](COC(C)=O)O[C@@H]1O. The minimum atomic E-state index is -1.71. The standard InChI is InChI=1S/C27H39NO16/c1-11(29)28-22-18(23(39-14(4)32)20(44-27(22)36)9-37-12(2)30)8-19-24(40-15(5)33)26(42-17(7)35)25(41-16(6)34)21(43-19)10-38-13(3)31/h18-27,36H,8-10H2,1-7H3,(H,28,29)/t18-,19-,20-,21-,22-,23-,24-,25-,26-,27+/m1/s1. The summed E-state index contributed by atoms with van der Waals surface area (Å²) < 4.78 is 43.8. The van der Waals surface area contributed by atoms with Gasteiger partial charge in [-0.2, -0.15) is 0 Å². The second kappa shape index (κ2) is 16.3. The Morgan fingerprint density at radius 1 is 0.568 bits per heavy atom. The van der Waals surface area contributed by atoms with Crippen LogP contribution in [0, 0.1) is 5.92 Å². The number of carbonyl (C=O) groups excluding carboxylic acids is 7. The third-order valence-corrected chi connectivity index (χ3v) is 6.59. The number of ether oxygens (including phenoxy) is 8. The minimum absolute atomic E-state index is 0.293. The number of aliphatic hydroxyl groups is 1. The van der Waals surface area contributed by atoms with Crippen LogP contribution in [0.5, 0.6) is 0 Å². The Balaban J connectivity index is 2.66. The van der Waals surface area contributed by atoms with E-state index in [-0.39, 0.29) is 6.42 Å². The van der Waals surface area contributed by atoms with E-state index < -0.39 is 116 Å². The van der Waals surface area contributed by atoms with E-state index in [0.29, 0.717) is 0 Å². The Labute approximate surface area is 253 Å². The van der Waals surface area contributed by atoms with E-state index >= 15 is 0 Å². The van der Waals surface area contributed by atoms with Crippen LogP contribution in [0.2, 0.25) is 0 Å². The highest BCUT2D eigenvalue weighted by Gasteiger charge is 2.55. The molecule has 2 fully saturated rings. The van der Waals surface area contributed by atoms with Gasteiger partial charge < -0.3 is 48.3 Å². The molecule has 0 aliphatic carbocycles. The molecule has 2 rings (SSSR count). The summed E-state index contributed by atoms with van der Waals surface area (Å²) in [4.78, 5) is 84.0. The van der Waals surface area contributed by atoms with Gasteiger partial charge in [-0.25, -0.2) is 0 Å². The van der Waals surface area contributed by atoms with Crippen LogP contribution >= 0.6 is 0 Å². The maximum absolute atomic E-state index is 12.2. The van der Waals surface area contributed by atoms with Gasteiger partial charge in [-0.3, -0.25) is 33.6 Å². The van der Waals surface area contributed by atoms with E-state index in [4.69, 9.17) is 37.9 Å². The van der Waals surface area contributed by atoms with Crippen molar-refractivity contribution in [3.05, 3.63) is 0 Å². The molecule has 0 aromatic rings. The molecule has 0 aromatic carbocycles. The predicted molar refractivity (Wildman–Crippen MR) is 141 cm³/mol. The maximum atomic E-state index is 12.2. The molecule has 248 valence electrons. The summed E-state index contributed by atoms with van der Waals surface area (Å²) in [5, 5.41) is 13.4. The molecular formula is C27H39NO16. The molecule has 2 heterocycles. The van der Waals surface area contributed by atoms with Crippen molar-refractivity contribution in [3.8, 4) is 0 Å². The number of hydrogen-bond donors (Lipinski definition) is 2. The molecule has 0 bridgehead atoms. The monoisotopic (exact) mass is 633 g/mol. The zero-order chi connectivity index (χ0) is 33.3. The van der Waals surface area contributed by atoms with Gasteiger partial charge in [-0.15, -0.1) is 0 Å². The molecule has 2 aliphatic heterocycles. The number of carbonyl (C=O) groups is 7. The summed E-state index contributed by atoms with van der Waals surface area (Å²) in [5.41, 5.74) is 0. The number of hydrogen-bond acceptors (Lipinski definition) is 16. The van der Waals surface area contributed by atoms with Gasteiger partial charge >= 0.3 is 35.8 Å². The van der Waals surface area contributed by atoms with Crippen LogP contribution in [0.1, 0.15) is 54.9 Å². The number of aliphatic hydroxyl groups excluding tert-OH is 1. The molecule has 0 unspecified atom stereocenters. The zero-order valence-electron chi connectivity index (χ0n) is 25.5. The molecular weight excluding hydrogens is 594 g/mol. The van der Waals surface area contributed by atoms with E-state index in [1.54, 1.807) is 0 Å². The molecule has 10 atom stereocenters. The molecule has 0 saturated carbocycles. The van der Waals surface area contributed by atoms with E-state index in [0.717, 1.165) is 41.5 Å². The molecule has 44 heavy (non-hydrogen) atoms. The molecule has 0 aromatic heterocycles. The van der Waals surface area contributed by atoms with Gasteiger partial charge in [0.15, 0.2) is 24.6 Å². The number of amides is 1. The van der Waals surface area contributed by atoms with Crippen LogP contribution in [-0.4, -0.2) is 115 Å². The molecule has 0 spiro atoms. The highest BCUT2D eigenvalue weighted by Crippen LogP contribution is 2.37. The fourth-order valence-electron chi connectivity index (χ4n) is 5.19. The summed E-state index contributed by atoms with van der Waals surface area (Å²) in [5.74, 6) is -6.34. The average Bonchev–Trinajstić information content (AvgIpc) is 2.87. The first-order valence-corrected chi connectivity index (χ1v) is 13.7. The zero-order valence-corrected chi connectivity index (χ0v) is 25.5. The molecule has 2 aliphatic rings. The Bertz CT molecular complexity index is 1090. The van der Waals surface area contributed by atoms with Crippen LogP contribution in [0.15, 0.2) is 0 Å². The second-order valence-electron chi connectivity index (χ2n) is 10.3. The first-order valence-electron chi connectivity index (χ1n) is 13.7. The largest absolute Gasteiger partial charge is 0.463 e. The van der Waals surface area contributed by atoms with Gasteiger partial charge in [0.05, 0.1) is 12.1 Å². The average molecular weight is 634 g/mol. The summed E-state index contributed by atoms with van der Waals surface area (Å²) in [6, 6.07) is -1.25. The lowest BCUT2D eigenvalue weighted by Crippen LogP contribution is -2.66. The highest BCUT2D eigenvalue weighted by molar-refractivity contribution is 5.73. The van der Waals surface area contributed by atoms with Crippen molar-refractivity contribution < 1.29 is 76.6 Å². The maximum Gasteiger partial charge on any atom is 0.303 e. The molecule has 17 heteroatoms. The van der Waals surface area contributed by atoms with Gasteiger partial charge in [0.25, 0.3) is 0 Å². The molecule has 1 amide bonds. The first kappa shape index (κ1) is 36.4. The van der Waals surface area contributed by atoms with Crippen LogP contribution in [0.4, 0.5) is 0 Å². The van der Waals surface area contributed by atoms with E-state index in [1.807, 2.05) is 0 Å². The second-order valence-corrected chi connectivity index (χ2v) is 10.3. The molecule has 2 saturated heterocycles. The van der Waals surface area contributed by atoms with Crippen molar-refractivity contribution in [2.45, 2.75) is 110 Å². The lowest BCUT2D eigenvalue weighted by molar-refractivity contribution is -0.271. The Morgan fingerprint density at radius 2 is 0.977 bits per heavy atom. The Kier molecular flexibility index (Phi) is 13.5. The van der Waals surface area contributed by atoms with Crippen molar-refractivity contribution in [2.75, 3.05) is 13.2 Å². The van der Waals surface area contributed by atoms with Gasteiger partial charge in [0.1, 0.15) is 31.5 Å². The first-order chi connectivity index (χ1) is 20.5. The van der Waals surface area contributed by atoms with E-state index in [2.05, 4.69) is 5.32 Å². The highest BCUT2D eigenvalue weighted by atomic mass is 16.7. The van der Waals surface area contributed by atoms with Crippen molar-refractivity contribution in [3.63, 3.8) is 0 Å². The third kappa shape index (κ3) is 10.7. The Morgan fingerprint density at radius 3 is 1.41 bits per heavy atom. The third-order valence-electron chi connectivity index (χ3n) is 6.59. The van der Waals surface area contributed by atoms with Crippen LogP contribution in [0.3, 0.4) is 0 Å². The topological polar surface area (TPSA) is 226 Å². The lowest BCUT2D eigenvalue weighted by atomic mass is 9.79.